The number of hydrogen-bond donors (Lipinski definition) is 1. The van der Waals surface area contributed by atoms with Crippen LogP contribution in [0.3, 0.4) is 0 Å². The van der Waals surface area contributed by atoms with Crippen LogP contribution in [0.4, 0.5) is 0 Å². The first-order valence-corrected chi connectivity index (χ1v) is 7.30. The monoisotopic (exact) mass is 241 g/mol. The van der Waals surface area contributed by atoms with Crippen molar-refractivity contribution in [2.75, 3.05) is 5.21 Å². The summed E-state index contributed by atoms with van der Waals surface area (Å²) in [5.41, 5.74) is 0. The Hall–Kier alpha value is 0.200. The summed E-state index contributed by atoms with van der Waals surface area (Å²) in [7, 11) is -3.26. The van der Waals surface area contributed by atoms with Crippen molar-refractivity contribution in [2.45, 2.75) is 52.0 Å². The summed E-state index contributed by atoms with van der Waals surface area (Å²) < 4.78 is 25.0. The van der Waals surface area contributed by atoms with Crippen LogP contribution in [-0.2, 0) is 10.0 Å². The Morgan fingerprint density at radius 1 is 1.21 bits per heavy atom. The lowest BCUT2D eigenvalue weighted by Crippen LogP contribution is -2.35. The van der Waals surface area contributed by atoms with Crippen molar-refractivity contribution < 1.29 is 8.42 Å². The van der Waals surface area contributed by atoms with Crippen LogP contribution >= 0.6 is 11.6 Å². The van der Waals surface area contributed by atoms with E-state index in [1.807, 2.05) is 6.92 Å². The lowest BCUT2D eigenvalue weighted by Gasteiger charge is -2.16. The van der Waals surface area contributed by atoms with Crippen molar-refractivity contribution in [3.8, 4) is 0 Å². The molecule has 5 heteroatoms. The zero-order valence-corrected chi connectivity index (χ0v) is 10.5. The number of halogens is 1. The van der Waals surface area contributed by atoms with E-state index in [-0.39, 0.29) is 11.3 Å². The highest BCUT2D eigenvalue weighted by Gasteiger charge is 2.15. The van der Waals surface area contributed by atoms with Gasteiger partial charge >= 0.3 is 0 Å². The lowest BCUT2D eigenvalue weighted by atomic mass is 10.1. The van der Waals surface area contributed by atoms with E-state index in [0.717, 1.165) is 32.1 Å². The first-order chi connectivity index (χ1) is 6.55. The highest BCUT2D eigenvalue weighted by atomic mass is 35.5. The van der Waals surface area contributed by atoms with Crippen LogP contribution in [0.15, 0.2) is 0 Å². The van der Waals surface area contributed by atoms with Gasteiger partial charge in [-0.3, -0.25) is 0 Å². The summed E-state index contributed by atoms with van der Waals surface area (Å²) >= 11 is 5.32. The summed E-state index contributed by atoms with van der Waals surface area (Å²) in [6.07, 6.45) is 4.91. The van der Waals surface area contributed by atoms with Gasteiger partial charge in [0.2, 0.25) is 10.0 Å². The molecule has 1 N–H and O–H groups in total. The quantitative estimate of drug-likeness (QED) is 0.664. The second-order valence-electron chi connectivity index (χ2n) is 3.47. The second-order valence-corrected chi connectivity index (χ2v) is 5.81. The topological polar surface area (TPSA) is 46.2 Å². The maximum Gasteiger partial charge on any atom is 0.225 e. The van der Waals surface area contributed by atoms with Crippen LogP contribution in [0, 0.1) is 0 Å². The van der Waals surface area contributed by atoms with Gasteiger partial charge in [-0.1, -0.05) is 33.1 Å². The molecule has 0 bridgehead atoms. The van der Waals surface area contributed by atoms with Crippen molar-refractivity contribution in [1.29, 1.82) is 0 Å². The first kappa shape index (κ1) is 14.2. The molecule has 0 amide bonds. The fourth-order valence-corrected chi connectivity index (χ4v) is 2.34. The molecule has 0 radical (unpaired) electrons. The molecule has 3 nitrogen and oxygen atoms in total. The lowest BCUT2D eigenvalue weighted by molar-refractivity contribution is 0.485. The van der Waals surface area contributed by atoms with Crippen molar-refractivity contribution in [3.63, 3.8) is 0 Å². The van der Waals surface area contributed by atoms with Gasteiger partial charge in [0.15, 0.2) is 0 Å². The Morgan fingerprint density at radius 2 is 1.86 bits per heavy atom. The second kappa shape index (κ2) is 7.49. The fraction of sp³-hybridized carbons (Fsp3) is 1.00. The van der Waals surface area contributed by atoms with Crippen molar-refractivity contribution >= 4 is 21.6 Å². The maximum atomic E-state index is 11.2. The molecular formula is C9H20ClNO2S. The van der Waals surface area contributed by atoms with Crippen LogP contribution < -0.4 is 4.72 Å². The van der Waals surface area contributed by atoms with Gasteiger partial charge in [0.1, 0.15) is 5.21 Å². The average Bonchev–Trinajstić information content (AvgIpc) is 2.14. The minimum absolute atomic E-state index is 0.0590. The van der Waals surface area contributed by atoms with Crippen molar-refractivity contribution in [1.82, 2.24) is 4.72 Å². The molecule has 14 heavy (non-hydrogen) atoms. The molecule has 0 saturated carbocycles. The van der Waals surface area contributed by atoms with E-state index < -0.39 is 10.0 Å². The molecule has 0 aliphatic rings. The summed E-state index contributed by atoms with van der Waals surface area (Å²) in [4.78, 5) is 0. The zero-order valence-electron chi connectivity index (χ0n) is 8.92. The van der Waals surface area contributed by atoms with Crippen molar-refractivity contribution in [2.24, 2.45) is 0 Å². The molecule has 0 aromatic carbocycles. The van der Waals surface area contributed by atoms with Crippen LogP contribution in [0.25, 0.3) is 0 Å². The molecule has 0 aromatic heterocycles. The van der Waals surface area contributed by atoms with Gasteiger partial charge in [0.25, 0.3) is 0 Å². The number of unbranched alkanes of at least 4 members (excludes halogenated alkanes) is 1. The number of nitrogens with one attached hydrogen (secondary N) is 1. The molecule has 1 unspecified atom stereocenters. The molecule has 0 fully saturated rings. The van der Waals surface area contributed by atoms with E-state index in [4.69, 9.17) is 11.6 Å². The largest absolute Gasteiger partial charge is 0.225 e. The minimum atomic E-state index is -3.26. The van der Waals surface area contributed by atoms with Crippen molar-refractivity contribution in [3.05, 3.63) is 0 Å². The molecular weight excluding hydrogens is 222 g/mol. The molecule has 0 spiro atoms. The van der Waals surface area contributed by atoms with E-state index in [0.29, 0.717) is 0 Å². The summed E-state index contributed by atoms with van der Waals surface area (Å²) in [5.74, 6) is 0. The highest BCUT2D eigenvalue weighted by molar-refractivity contribution is 7.90. The van der Waals surface area contributed by atoms with E-state index in [9.17, 15) is 8.42 Å². The number of sulfonamides is 1. The van der Waals surface area contributed by atoms with Gasteiger partial charge < -0.3 is 0 Å². The standard InChI is InChI=1S/C9H20ClNO2S/c1-3-5-7-9(6-4-2)11-14(12,13)8-10/h9,11H,3-8H2,1-2H3. The summed E-state index contributed by atoms with van der Waals surface area (Å²) in [5, 5.41) is -0.348. The summed E-state index contributed by atoms with van der Waals surface area (Å²) in [6, 6.07) is 0.0590. The third-order valence-corrected chi connectivity index (χ3v) is 3.87. The smallest absolute Gasteiger partial charge is 0.211 e. The SMILES string of the molecule is CCCCC(CCC)NS(=O)(=O)CCl. The molecule has 0 rings (SSSR count). The zero-order chi connectivity index (χ0) is 11.0. The highest BCUT2D eigenvalue weighted by Crippen LogP contribution is 2.08. The predicted molar refractivity (Wildman–Crippen MR) is 61.0 cm³/mol. The van der Waals surface area contributed by atoms with Gasteiger partial charge in [-0.2, -0.15) is 0 Å². The molecule has 1 atom stereocenters. The Morgan fingerprint density at radius 3 is 2.29 bits per heavy atom. The van der Waals surface area contributed by atoms with E-state index in [1.54, 1.807) is 0 Å². The van der Waals surface area contributed by atoms with Gasteiger partial charge in [0.05, 0.1) is 0 Å². The first-order valence-electron chi connectivity index (χ1n) is 5.11. The summed E-state index contributed by atoms with van der Waals surface area (Å²) in [6.45, 7) is 4.15. The van der Waals surface area contributed by atoms with Crippen LogP contribution in [0.1, 0.15) is 46.0 Å². The fourth-order valence-electron chi connectivity index (χ4n) is 1.35. The third-order valence-electron chi connectivity index (χ3n) is 2.03. The van der Waals surface area contributed by atoms with E-state index in [2.05, 4.69) is 11.6 Å². The minimum Gasteiger partial charge on any atom is -0.211 e. The maximum absolute atomic E-state index is 11.2. The van der Waals surface area contributed by atoms with Gasteiger partial charge in [-0.15, -0.1) is 11.6 Å². The van der Waals surface area contributed by atoms with Crippen LogP contribution in [0.2, 0.25) is 0 Å². The third kappa shape index (κ3) is 6.62. The normalized spacial score (nSPS) is 14.2. The Kier molecular flexibility index (Phi) is 7.59. The van der Waals surface area contributed by atoms with Gasteiger partial charge in [-0.25, -0.2) is 13.1 Å². The van der Waals surface area contributed by atoms with E-state index >= 15 is 0 Å². The predicted octanol–water partition coefficient (Wildman–Crippen LogP) is 2.46. The van der Waals surface area contributed by atoms with Gasteiger partial charge in [0, 0.05) is 6.04 Å². The molecule has 0 aromatic rings. The Balaban J connectivity index is 4.08. The molecule has 0 heterocycles. The molecule has 86 valence electrons. The van der Waals surface area contributed by atoms with Crippen LogP contribution in [0.5, 0.6) is 0 Å². The Bertz CT molecular complexity index is 229. The molecule has 0 saturated heterocycles. The molecule has 0 aliphatic heterocycles. The van der Waals surface area contributed by atoms with Crippen LogP contribution in [-0.4, -0.2) is 19.7 Å². The molecule has 0 aliphatic carbocycles. The number of rotatable bonds is 8. The number of hydrogen-bond acceptors (Lipinski definition) is 2. The Labute approximate surface area is 92.3 Å². The van der Waals surface area contributed by atoms with E-state index in [1.165, 1.54) is 0 Å². The van der Waals surface area contributed by atoms with Gasteiger partial charge in [-0.05, 0) is 12.8 Å². The number of alkyl halides is 1. The average molecular weight is 242 g/mol.